The maximum atomic E-state index is 6.01. The Hall–Kier alpha value is -2.58. The quantitative estimate of drug-likeness (QED) is 0.490. The van der Waals surface area contributed by atoms with Crippen molar-refractivity contribution in [1.29, 1.82) is 0 Å². The minimum Gasteiger partial charge on any atom is -0.305 e. The Kier molecular flexibility index (Phi) is 3.17. The topological polar surface area (TPSA) is 17.3 Å². The molecule has 2 aromatic heterocycles. The number of fused-ring (bicyclic) bond motifs is 1. The Labute approximate surface area is 133 Å². The van der Waals surface area contributed by atoms with Gasteiger partial charge in [-0.15, -0.1) is 0 Å². The maximum Gasteiger partial charge on any atom is 0.137 e. The second-order valence-electron chi connectivity index (χ2n) is 5.18. The van der Waals surface area contributed by atoms with Gasteiger partial charge >= 0.3 is 0 Å². The van der Waals surface area contributed by atoms with Crippen LogP contribution >= 0.6 is 11.6 Å². The monoisotopic (exact) mass is 304 g/mol. The first-order valence-corrected chi connectivity index (χ1v) is 7.47. The van der Waals surface area contributed by atoms with Crippen LogP contribution in [0, 0.1) is 0 Å². The van der Waals surface area contributed by atoms with E-state index in [4.69, 9.17) is 11.6 Å². The van der Waals surface area contributed by atoms with E-state index in [1.54, 1.807) is 0 Å². The molecule has 0 amide bonds. The van der Waals surface area contributed by atoms with E-state index in [0.717, 1.165) is 16.9 Å². The summed E-state index contributed by atoms with van der Waals surface area (Å²) in [6, 6.07) is 22.6. The van der Waals surface area contributed by atoms with Crippen LogP contribution in [0.2, 0.25) is 5.02 Å². The number of halogens is 1. The molecular formula is C19H13ClN2. The van der Waals surface area contributed by atoms with Crippen molar-refractivity contribution in [2.24, 2.45) is 0 Å². The van der Waals surface area contributed by atoms with Crippen LogP contribution in [-0.2, 0) is 0 Å². The summed E-state index contributed by atoms with van der Waals surface area (Å²) in [5.41, 5.74) is 5.36. The lowest BCUT2D eigenvalue weighted by molar-refractivity contribution is 1.19. The highest BCUT2D eigenvalue weighted by molar-refractivity contribution is 6.30. The minimum absolute atomic E-state index is 0.705. The Bertz CT molecular complexity index is 925. The Morgan fingerprint density at radius 1 is 0.682 bits per heavy atom. The van der Waals surface area contributed by atoms with Crippen molar-refractivity contribution in [3.05, 3.63) is 84.1 Å². The summed E-state index contributed by atoms with van der Waals surface area (Å²) in [7, 11) is 0. The van der Waals surface area contributed by atoms with Crippen molar-refractivity contribution in [3.63, 3.8) is 0 Å². The summed E-state index contributed by atoms with van der Waals surface area (Å²) in [5.74, 6) is 0. The van der Waals surface area contributed by atoms with Gasteiger partial charge < -0.3 is 4.40 Å². The first kappa shape index (κ1) is 13.1. The van der Waals surface area contributed by atoms with Gasteiger partial charge in [0, 0.05) is 18.0 Å². The van der Waals surface area contributed by atoms with Crippen LogP contribution in [0.5, 0.6) is 0 Å². The zero-order valence-electron chi connectivity index (χ0n) is 11.8. The predicted octanol–water partition coefficient (Wildman–Crippen LogP) is 5.32. The van der Waals surface area contributed by atoms with Crippen LogP contribution in [0.3, 0.4) is 0 Å². The van der Waals surface area contributed by atoms with E-state index in [-0.39, 0.29) is 0 Å². The molecule has 0 spiro atoms. The van der Waals surface area contributed by atoms with Crippen molar-refractivity contribution in [2.45, 2.75) is 0 Å². The zero-order chi connectivity index (χ0) is 14.9. The normalized spacial score (nSPS) is 11.0. The average molecular weight is 305 g/mol. The molecule has 0 aliphatic carbocycles. The Balaban J connectivity index is 1.73. The molecule has 2 aromatic carbocycles. The molecule has 0 atom stereocenters. The number of nitrogens with zero attached hydrogens (tertiary/aromatic N) is 2. The van der Waals surface area contributed by atoms with Crippen molar-refractivity contribution < 1.29 is 0 Å². The summed E-state index contributed by atoms with van der Waals surface area (Å²) in [6.45, 7) is 0. The van der Waals surface area contributed by atoms with Crippen molar-refractivity contribution in [3.8, 4) is 22.4 Å². The van der Waals surface area contributed by atoms with E-state index >= 15 is 0 Å². The summed E-state index contributed by atoms with van der Waals surface area (Å²) in [6.07, 6.45) is 3.87. The maximum absolute atomic E-state index is 6.01. The minimum atomic E-state index is 0.705. The largest absolute Gasteiger partial charge is 0.305 e. The molecule has 4 rings (SSSR count). The zero-order valence-corrected chi connectivity index (χ0v) is 12.5. The number of hydrogen-bond donors (Lipinski definition) is 0. The molecule has 22 heavy (non-hydrogen) atoms. The predicted molar refractivity (Wildman–Crippen MR) is 91.1 cm³/mol. The third kappa shape index (κ3) is 2.38. The lowest BCUT2D eigenvalue weighted by Crippen LogP contribution is -1.80. The van der Waals surface area contributed by atoms with Gasteiger partial charge in [0.25, 0.3) is 0 Å². The van der Waals surface area contributed by atoms with Gasteiger partial charge in [-0.25, -0.2) is 4.98 Å². The van der Waals surface area contributed by atoms with Crippen LogP contribution in [0.1, 0.15) is 0 Å². The fourth-order valence-electron chi connectivity index (χ4n) is 2.57. The van der Waals surface area contributed by atoms with Gasteiger partial charge in [-0.2, -0.15) is 0 Å². The van der Waals surface area contributed by atoms with Crippen LogP contribution in [-0.4, -0.2) is 9.38 Å². The fourth-order valence-corrected chi connectivity index (χ4v) is 2.74. The van der Waals surface area contributed by atoms with Gasteiger partial charge in [0.15, 0.2) is 0 Å². The molecule has 0 aliphatic heterocycles. The molecule has 0 aliphatic rings. The highest BCUT2D eigenvalue weighted by atomic mass is 35.5. The Morgan fingerprint density at radius 2 is 1.36 bits per heavy atom. The number of imidazole rings is 1. The molecule has 0 saturated carbocycles. The molecule has 0 N–H and O–H groups in total. The standard InChI is InChI=1S/C19H13ClN2/c20-17-10-11-19-21-18(13-22(19)12-17)16-8-6-15(7-9-16)14-4-2-1-3-5-14/h1-13H. The second kappa shape index (κ2) is 5.32. The van der Waals surface area contributed by atoms with Crippen molar-refractivity contribution in [1.82, 2.24) is 9.38 Å². The van der Waals surface area contributed by atoms with Crippen LogP contribution < -0.4 is 0 Å². The van der Waals surface area contributed by atoms with E-state index in [9.17, 15) is 0 Å². The third-order valence-electron chi connectivity index (χ3n) is 3.70. The van der Waals surface area contributed by atoms with Gasteiger partial charge in [-0.1, -0.05) is 66.2 Å². The van der Waals surface area contributed by atoms with E-state index in [2.05, 4.69) is 53.5 Å². The Morgan fingerprint density at radius 3 is 2.14 bits per heavy atom. The van der Waals surface area contributed by atoms with Crippen LogP contribution in [0.15, 0.2) is 79.1 Å². The van der Waals surface area contributed by atoms with E-state index < -0.39 is 0 Å². The molecule has 0 unspecified atom stereocenters. The number of rotatable bonds is 2. The highest BCUT2D eigenvalue weighted by Crippen LogP contribution is 2.25. The molecule has 2 nitrogen and oxygen atoms in total. The molecule has 106 valence electrons. The lowest BCUT2D eigenvalue weighted by atomic mass is 10.0. The van der Waals surface area contributed by atoms with Gasteiger partial charge in [0.05, 0.1) is 10.7 Å². The molecule has 0 saturated heterocycles. The summed E-state index contributed by atoms with van der Waals surface area (Å²) >= 11 is 6.01. The molecule has 4 aromatic rings. The van der Waals surface area contributed by atoms with Gasteiger partial charge in [-0.05, 0) is 23.3 Å². The smallest absolute Gasteiger partial charge is 0.137 e. The number of hydrogen-bond acceptors (Lipinski definition) is 1. The second-order valence-corrected chi connectivity index (χ2v) is 5.62. The van der Waals surface area contributed by atoms with E-state index in [0.29, 0.717) is 5.02 Å². The number of pyridine rings is 1. The van der Waals surface area contributed by atoms with E-state index in [1.165, 1.54) is 11.1 Å². The van der Waals surface area contributed by atoms with Crippen molar-refractivity contribution in [2.75, 3.05) is 0 Å². The van der Waals surface area contributed by atoms with Crippen LogP contribution in [0.25, 0.3) is 28.0 Å². The summed E-state index contributed by atoms with van der Waals surface area (Å²) in [5, 5.41) is 0.705. The van der Waals surface area contributed by atoms with Gasteiger partial charge in [-0.3, -0.25) is 0 Å². The summed E-state index contributed by atoms with van der Waals surface area (Å²) < 4.78 is 1.95. The summed E-state index contributed by atoms with van der Waals surface area (Å²) in [4.78, 5) is 4.63. The molecule has 3 heteroatoms. The third-order valence-corrected chi connectivity index (χ3v) is 3.93. The molecule has 0 bridgehead atoms. The molecule has 0 radical (unpaired) electrons. The average Bonchev–Trinajstić information content (AvgIpc) is 2.99. The van der Waals surface area contributed by atoms with Crippen molar-refractivity contribution >= 4 is 17.2 Å². The number of aromatic nitrogens is 2. The number of benzene rings is 2. The molecule has 0 fully saturated rings. The first-order valence-electron chi connectivity index (χ1n) is 7.10. The SMILES string of the molecule is Clc1ccc2nc(-c3ccc(-c4ccccc4)cc3)cn2c1. The van der Waals surface area contributed by atoms with Gasteiger partial charge in [0.1, 0.15) is 5.65 Å². The highest BCUT2D eigenvalue weighted by Gasteiger charge is 2.05. The van der Waals surface area contributed by atoms with E-state index in [1.807, 2.05) is 35.0 Å². The molecule has 2 heterocycles. The lowest BCUT2D eigenvalue weighted by Gasteiger charge is -2.02. The fraction of sp³-hybridized carbons (Fsp3) is 0. The first-order chi connectivity index (χ1) is 10.8. The van der Waals surface area contributed by atoms with Gasteiger partial charge in [0.2, 0.25) is 0 Å². The van der Waals surface area contributed by atoms with Crippen LogP contribution in [0.4, 0.5) is 0 Å². The molecular weight excluding hydrogens is 292 g/mol.